The SMILES string of the molecule is CCC(=O)O[C@@]1(OC(=O)OC)[C@@H](C)C[C@H]2[C@@H]3C[C@H](F)C4=CC(=O)C=C[C@]4(C)[C@@]3(Cl)[C@@H](O)C[C@@]21C. The Labute approximate surface area is 203 Å². The van der Waals surface area contributed by atoms with E-state index in [9.17, 15) is 19.5 Å². The number of allylic oxidation sites excluding steroid dienone is 4. The third-order valence-corrected chi connectivity index (χ3v) is 9.95. The van der Waals surface area contributed by atoms with Gasteiger partial charge in [-0.25, -0.2) is 9.18 Å². The van der Waals surface area contributed by atoms with Crippen LogP contribution in [0.1, 0.15) is 53.4 Å². The van der Waals surface area contributed by atoms with E-state index < -0.39 is 57.7 Å². The molecule has 0 radical (unpaired) electrons. The summed E-state index contributed by atoms with van der Waals surface area (Å²) in [5, 5.41) is 11.6. The molecule has 7 nitrogen and oxygen atoms in total. The van der Waals surface area contributed by atoms with Gasteiger partial charge in [0.1, 0.15) is 6.17 Å². The van der Waals surface area contributed by atoms with Crippen molar-refractivity contribution in [1.29, 1.82) is 0 Å². The highest BCUT2D eigenvalue weighted by Crippen LogP contribution is 2.72. The maximum absolute atomic E-state index is 15.6. The number of halogens is 2. The van der Waals surface area contributed by atoms with Gasteiger partial charge in [-0.05, 0) is 48.8 Å². The minimum atomic E-state index is -1.71. The minimum Gasteiger partial charge on any atom is -0.438 e. The molecule has 0 saturated heterocycles. The van der Waals surface area contributed by atoms with Gasteiger partial charge in [-0.3, -0.25) is 9.59 Å². The number of esters is 1. The van der Waals surface area contributed by atoms with Crippen LogP contribution >= 0.6 is 11.6 Å². The first kappa shape index (κ1) is 25.2. The van der Waals surface area contributed by atoms with E-state index in [2.05, 4.69) is 0 Å². The molecule has 1 N–H and O–H groups in total. The van der Waals surface area contributed by atoms with E-state index in [1.165, 1.54) is 12.2 Å². The first-order chi connectivity index (χ1) is 15.8. The molecule has 0 amide bonds. The third kappa shape index (κ3) is 3.06. The Morgan fingerprint density at radius 1 is 1.24 bits per heavy atom. The quantitative estimate of drug-likeness (QED) is 0.352. The molecule has 0 aromatic carbocycles. The van der Waals surface area contributed by atoms with Crippen LogP contribution in [0.4, 0.5) is 9.18 Å². The normalized spacial score (nSPS) is 47.1. The first-order valence-electron chi connectivity index (χ1n) is 11.8. The van der Waals surface area contributed by atoms with Gasteiger partial charge in [0.2, 0.25) is 0 Å². The standard InChI is InChI=1S/C25H32ClFO7/c1-6-20(30)33-25(34-21(31)32-5)13(2)9-15-16-11-18(27)17-10-14(28)7-8-22(17,3)24(16,26)19(29)12-23(15,25)4/h7-8,10,13,15-16,18-19,29H,6,9,11-12H2,1-5H3/t13-,15-,16-,18-,19-,22-,23-,24-,25+/m0/s1. The van der Waals surface area contributed by atoms with Crippen molar-refractivity contribution in [2.45, 2.75) is 76.3 Å². The van der Waals surface area contributed by atoms with Crippen molar-refractivity contribution in [2.24, 2.45) is 28.6 Å². The van der Waals surface area contributed by atoms with Gasteiger partial charge in [-0.2, -0.15) is 0 Å². The van der Waals surface area contributed by atoms with Gasteiger partial charge in [0.05, 0.1) is 23.5 Å². The molecule has 0 bridgehead atoms. The molecule has 4 aliphatic rings. The van der Waals surface area contributed by atoms with Gasteiger partial charge in [0.15, 0.2) is 5.78 Å². The van der Waals surface area contributed by atoms with Gasteiger partial charge in [-0.15, -0.1) is 11.6 Å². The van der Waals surface area contributed by atoms with Crippen LogP contribution in [-0.4, -0.2) is 53.1 Å². The van der Waals surface area contributed by atoms with E-state index in [1.807, 2.05) is 0 Å². The smallest absolute Gasteiger partial charge is 0.438 e. The van der Waals surface area contributed by atoms with Crippen molar-refractivity contribution in [3.8, 4) is 0 Å². The molecule has 0 unspecified atom stereocenters. The maximum atomic E-state index is 15.6. The highest BCUT2D eigenvalue weighted by molar-refractivity contribution is 6.26. The summed E-state index contributed by atoms with van der Waals surface area (Å²) in [4.78, 5) is 35.5. The lowest BCUT2D eigenvalue weighted by atomic mass is 9.46. The molecule has 0 heterocycles. The lowest BCUT2D eigenvalue weighted by Gasteiger charge is -2.64. The molecule has 0 spiro atoms. The van der Waals surface area contributed by atoms with Gasteiger partial charge >= 0.3 is 12.1 Å². The summed E-state index contributed by atoms with van der Waals surface area (Å²) in [6.45, 7) is 6.99. The highest BCUT2D eigenvalue weighted by atomic mass is 35.5. The number of fused-ring (bicyclic) bond motifs is 5. The van der Waals surface area contributed by atoms with Crippen LogP contribution in [0.25, 0.3) is 0 Å². The molecule has 3 saturated carbocycles. The zero-order valence-corrected chi connectivity index (χ0v) is 20.9. The lowest BCUT2D eigenvalue weighted by Crippen LogP contribution is -2.70. The van der Waals surface area contributed by atoms with Crippen molar-refractivity contribution >= 4 is 29.5 Å². The van der Waals surface area contributed by atoms with Crippen molar-refractivity contribution in [3.63, 3.8) is 0 Å². The number of hydrogen-bond acceptors (Lipinski definition) is 7. The molecule has 9 atom stereocenters. The molecule has 34 heavy (non-hydrogen) atoms. The molecule has 0 aliphatic heterocycles. The summed E-state index contributed by atoms with van der Waals surface area (Å²) in [5.41, 5.74) is -1.88. The number of alkyl halides is 2. The predicted octanol–water partition coefficient (Wildman–Crippen LogP) is 4.25. The topological polar surface area (TPSA) is 99.1 Å². The second-order valence-corrected chi connectivity index (χ2v) is 11.2. The summed E-state index contributed by atoms with van der Waals surface area (Å²) >= 11 is 7.33. The molecule has 3 fully saturated rings. The van der Waals surface area contributed by atoms with E-state index in [-0.39, 0.29) is 36.5 Å². The van der Waals surface area contributed by atoms with Gasteiger partial charge in [-0.1, -0.05) is 33.8 Å². The first-order valence-corrected chi connectivity index (χ1v) is 12.1. The molecule has 0 aromatic rings. The van der Waals surface area contributed by atoms with Crippen LogP contribution in [0.15, 0.2) is 23.8 Å². The van der Waals surface area contributed by atoms with Crippen molar-refractivity contribution in [1.82, 2.24) is 0 Å². The molecule has 0 aromatic heterocycles. The Bertz CT molecular complexity index is 960. The number of ketones is 1. The second-order valence-electron chi connectivity index (χ2n) is 10.5. The average Bonchev–Trinajstić information content (AvgIpc) is 2.98. The van der Waals surface area contributed by atoms with Crippen LogP contribution in [0, 0.1) is 28.6 Å². The van der Waals surface area contributed by atoms with Gasteiger partial charge < -0.3 is 19.3 Å². The number of methoxy groups -OCH3 is 1. The maximum Gasteiger partial charge on any atom is 0.511 e. The lowest BCUT2D eigenvalue weighted by molar-refractivity contribution is -0.287. The van der Waals surface area contributed by atoms with Crippen LogP contribution in [0.5, 0.6) is 0 Å². The summed E-state index contributed by atoms with van der Waals surface area (Å²) < 4.78 is 31.9. The Balaban J connectivity index is 1.85. The number of carbonyl (C=O) groups excluding carboxylic acids is 3. The fourth-order valence-corrected chi connectivity index (χ4v) is 7.84. The second kappa shape index (κ2) is 8.05. The number of aliphatic hydroxyl groups excluding tert-OH is 1. The van der Waals surface area contributed by atoms with E-state index >= 15 is 4.39 Å². The van der Waals surface area contributed by atoms with Crippen LogP contribution in [-0.2, 0) is 23.8 Å². The fraction of sp³-hybridized carbons (Fsp3) is 0.720. The van der Waals surface area contributed by atoms with Crippen LogP contribution in [0.2, 0.25) is 0 Å². The van der Waals surface area contributed by atoms with Gasteiger partial charge in [0.25, 0.3) is 5.79 Å². The molecule has 4 rings (SSSR count). The Morgan fingerprint density at radius 2 is 1.91 bits per heavy atom. The van der Waals surface area contributed by atoms with Gasteiger partial charge in [0, 0.05) is 17.8 Å². The molecule has 188 valence electrons. The summed E-state index contributed by atoms with van der Waals surface area (Å²) in [6, 6.07) is 0. The molecular formula is C25H32ClFO7. The summed E-state index contributed by atoms with van der Waals surface area (Å²) in [7, 11) is 1.16. The zero-order valence-electron chi connectivity index (χ0n) is 20.1. The predicted molar refractivity (Wildman–Crippen MR) is 121 cm³/mol. The highest BCUT2D eigenvalue weighted by Gasteiger charge is 2.77. The van der Waals surface area contributed by atoms with Crippen LogP contribution < -0.4 is 0 Å². The molecule has 9 heteroatoms. The van der Waals surface area contributed by atoms with E-state index in [0.717, 1.165) is 7.11 Å². The van der Waals surface area contributed by atoms with E-state index in [0.29, 0.717) is 6.42 Å². The minimum absolute atomic E-state index is 0.00783. The number of aliphatic hydroxyl groups is 1. The zero-order chi connectivity index (χ0) is 25.3. The van der Waals surface area contributed by atoms with Crippen molar-refractivity contribution in [3.05, 3.63) is 23.8 Å². The average molecular weight is 499 g/mol. The van der Waals surface area contributed by atoms with E-state index in [1.54, 1.807) is 33.8 Å². The Kier molecular flexibility index (Phi) is 5.96. The monoisotopic (exact) mass is 498 g/mol. The number of ether oxygens (including phenoxy) is 3. The third-order valence-electron chi connectivity index (χ3n) is 9.03. The van der Waals surface area contributed by atoms with E-state index in [4.69, 9.17) is 25.8 Å². The molecule has 4 aliphatic carbocycles. The Hall–Kier alpha value is -1.93. The largest absolute Gasteiger partial charge is 0.511 e. The number of hydrogen-bond donors (Lipinski definition) is 1. The summed E-state index contributed by atoms with van der Waals surface area (Å²) in [5.74, 6) is -3.94. The van der Waals surface area contributed by atoms with Crippen LogP contribution in [0.3, 0.4) is 0 Å². The van der Waals surface area contributed by atoms with Crippen molar-refractivity contribution < 1.29 is 38.1 Å². The number of rotatable bonds is 3. The summed E-state index contributed by atoms with van der Waals surface area (Å²) in [6.07, 6.45) is 1.17. The Morgan fingerprint density at radius 3 is 2.53 bits per heavy atom. The fourth-order valence-electron chi connectivity index (χ4n) is 7.35. The number of carbonyl (C=O) groups is 3. The molecular weight excluding hydrogens is 467 g/mol. The van der Waals surface area contributed by atoms with Crippen molar-refractivity contribution in [2.75, 3.05) is 7.11 Å².